The summed E-state index contributed by atoms with van der Waals surface area (Å²) in [6.07, 6.45) is 0. The summed E-state index contributed by atoms with van der Waals surface area (Å²) in [4.78, 5) is 24.1. The normalized spacial score (nSPS) is 10.7. The molecular formula is C17H16N2O3S. The van der Waals surface area contributed by atoms with Crippen molar-refractivity contribution in [2.75, 3.05) is 11.9 Å². The first-order valence-corrected chi connectivity index (χ1v) is 7.83. The Morgan fingerprint density at radius 2 is 1.96 bits per heavy atom. The number of nitrogens with zero attached hydrogens (tertiary/aromatic N) is 1. The molecule has 0 unspecified atom stereocenters. The number of anilines is 1. The van der Waals surface area contributed by atoms with Gasteiger partial charge in [0.15, 0.2) is 6.61 Å². The summed E-state index contributed by atoms with van der Waals surface area (Å²) in [5, 5.41) is 13.6. The minimum Gasteiger partial charge on any atom is -0.455 e. The summed E-state index contributed by atoms with van der Waals surface area (Å²) in [5.41, 5.74) is 0.358. The lowest BCUT2D eigenvalue weighted by molar-refractivity contribution is -0.152. The molecule has 1 heterocycles. The van der Waals surface area contributed by atoms with E-state index in [9.17, 15) is 9.59 Å². The molecule has 1 amide bonds. The Hall–Kier alpha value is -2.65. The molecule has 1 aromatic heterocycles. The number of carbonyl (C=O) groups is 2. The van der Waals surface area contributed by atoms with Crippen molar-refractivity contribution >= 4 is 28.2 Å². The monoisotopic (exact) mass is 328 g/mol. The SMILES string of the molecule is CC(C)(C(=O)OCC(=O)Nc1sccc1C#N)c1ccccc1. The highest BCUT2D eigenvalue weighted by atomic mass is 32.1. The van der Waals surface area contributed by atoms with Gasteiger partial charge in [-0.05, 0) is 30.9 Å². The molecule has 1 aromatic carbocycles. The average Bonchev–Trinajstić information content (AvgIpc) is 3.00. The lowest BCUT2D eigenvalue weighted by atomic mass is 9.85. The Balaban J connectivity index is 1.94. The lowest BCUT2D eigenvalue weighted by Crippen LogP contribution is -2.33. The summed E-state index contributed by atoms with van der Waals surface area (Å²) in [6.45, 7) is 3.10. The number of ether oxygens (including phenoxy) is 1. The fourth-order valence-corrected chi connectivity index (χ4v) is 2.69. The molecule has 0 aliphatic rings. The molecule has 0 saturated carbocycles. The topological polar surface area (TPSA) is 79.2 Å². The van der Waals surface area contributed by atoms with Crippen molar-refractivity contribution in [2.45, 2.75) is 19.3 Å². The minimum absolute atomic E-state index is 0.388. The van der Waals surface area contributed by atoms with Gasteiger partial charge in [-0.1, -0.05) is 30.3 Å². The van der Waals surface area contributed by atoms with E-state index < -0.39 is 23.9 Å². The van der Waals surface area contributed by atoms with Crippen LogP contribution in [0.5, 0.6) is 0 Å². The first kappa shape index (κ1) is 16.7. The van der Waals surface area contributed by atoms with E-state index in [-0.39, 0.29) is 0 Å². The maximum Gasteiger partial charge on any atom is 0.316 e. The number of benzene rings is 1. The van der Waals surface area contributed by atoms with E-state index in [1.807, 2.05) is 36.4 Å². The van der Waals surface area contributed by atoms with Crippen molar-refractivity contribution in [1.82, 2.24) is 0 Å². The van der Waals surface area contributed by atoms with Gasteiger partial charge in [-0.15, -0.1) is 11.3 Å². The second-order valence-corrected chi connectivity index (χ2v) is 6.31. The van der Waals surface area contributed by atoms with Crippen molar-refractivity contribution in [3.05, 3.63) is 52.9 Å². The molecule has 0 bridgehead atoms. The van der Waals surface area contributed by atoms with Crippen LogP contribution < -0.4 is 5.32 Å². The predicted molar refractivity (Wildman–Crippen MR) is 88.1 cm³/mol. The van der Waals surface area contributed by atoms with E-state index in [4.69, 9.17) is 10.00 Å². The number of rotatable bonds is 5. The second kappa shape index (κ2) is 7.07. The number of nitrogens with one attached hydrogen (secondary N) is 1. The third kappa shape index (κ3) is 3.96. The van der Waals surface area contributed by atoms with E-state index >= 15 is 0 Å². The summed E-state index contributed by atoms with van der Waals surface area (Å²) in [7, 11) is 0. The Morgan fingerprint density at radius 3 is 2.61 bits per heavy atom. The molecule has 0 fully saturated rings. The van der Waals surface area contributed by atoms with Crippen LogP contribution in [0.1, 0.15) is 25.0 Å². The summed E-state index contributed by atoms with van der Waals surface area (Å²) in [5.74, 6) is -0.952. The van der Waals surface area contributed by atoms with Gasteiger partial charge in [0.25, 0.3) is 5.91 Å². The van der Waals surface area contributed by atoms with Gasteiger partial charge in [0, 0.05) is 0 Å². The highest BCUT2D eigenvalue weighted by Crippen LogP contribution is 2.25. The molecule has 0 spiro atoms. The molecule has 0 aliphatic carbocycles. The van der Waals surface area contributed by atoms with Gasteiger partial charge in [0.05, 0.1) is 11.0 Å². The highest BCUT2D eigenvalue weighted by molar-refractivity contribution is 7.14. The molecule has 2 rings (SSSR count). The minimum atomic E-state index is -0.845. The molecule has 1 N–H and O–H groups in total. The fourth-order valence-electron chi connectivity index (χ4n) is 1.94. The Kier molecular flexibility index (Phi) is 5.14. The zero-order chi connectivity index (χ0) is 16.9. The van der Waals surface area contributed by atoms with Gasteiger partial charge in [0.2, 0.25) is 0 Å². The first-order chi connectivity index (χ1) is 10.9. The molecule has 2 aromatic rings. The van der Waals surface area contributed by atoms with Crippen LogP contribution in [-0.2, 0) is 19.7 Å². The van der Waals surface area contributed by atoms with Crippen LogP contribution >= 0.6 is 11.3 Å². The second-order valence-electron chi connectivity index (χ2n) is 5.39. The number of carbonyl (C=O) groups excluding carboxylic acids is 2. The number of esters is 1. The van der Waals surface area contributed by atoms with Crippen LogP contribution in [0.25, 0.3) is 0 Å². The van der Waals surface area contributed by atoms with E-state index in [2.05, 4.69) is 5.32 Å². The zero-order valence-corrected chi connectivity index (χ0v) is 13.6. The van der Waals surface area contributed by atoms with E-state index in [1.165, 1.54) is 11.3 Å². The third-order valence-corrected chi connectivity index (χ3v) is 4.21. The molecule has 23 heavy (non-hydrogen) atoms. The van der Waals surface area contributed by atoms with E-state index in [0.717, 1.165) is 5.56 Å². The van der Waals surface area contributed by atoms with Crippen LogP contribution in [0.4, 0.5) is 5.00 Å². The maximum atomic E-state index is 12.2. The fraction of sp³-hybridized carbons (Fsp3) is 0.235. The van der Waals surface area contributed by atoms with Gasteiger partial charge < -0.3 is 10.1 Å². The molecule has 118 valence electrons. The standard InChI is InChI=1S/C17H16N2O3S/c1-17(2,13-6-4-3-5-7-13)16(21)22-11-14(20)19-15-12(10-18)8-9-23-15/h3-9H,11H2,1-2H3,(H,19,20). The number of amides is 1. The molecule has 0 radical (unpaired) electrons. The van der Waals surface area contributed by atoms with Gasteiger partial charge in [-0.3, -0.25) is 9.59 Å². The molecule has 0 aliphatic heterocycles. The molecular weight excluding hydrogens is 312 g/mol. The molecule has 0 saturated heterocycles. The first-order valence-electron chi connectivity index (χ1n) is 6.95. The van der Waals surface area contributed by atoms with Crippen LogP contribution in [0, 0.1) is 11.3 Å². The van der Waals surface area contributed by atoms with Crippen molar-refractivity contribution in [1.29, 1.82) is 5.26 Å². The van der Waals surface area contributed by atoms with Gasteiger partial charge >= 0.3 is 5.97 Å². The number of nitriles is 1. The smallest absolute Gasteiger partial charge is 0.316 e. The van der Waals surface area contributed by atoms with E-state index in [1.54, 1.807) is 25.3 Å². The maximum absolute atomic E-state index is 12.2. The Morgan fingerprint density at radius 1 is 1.26 bits per heavy atom. The summed E-state index contributed by atoms with van der Waals surface area (Å²) >= 11 is 1.24. The van der Waals surface area contributed by atoms with E-state index in [0.29, 0.717) is 10.6 Å². The van der Waals surface area contributed by atoms with Crippen molar-refractivity contribution < 1.29 is 14.3 Å². The van der Waals surface area contributed by atoms with Crippen LogP contribution in [0.2, 0.25) is 0 Å². The van der Waals surface area contributed by atoms with Gasteiger partial charge in [-0.25, -0.2) is 0 Å². The average molecular weight is 328 g/mol. The Bertz CT molecular complexity index is 745. The summed E-state index contributed by atoms with van der Waals surface area (Å²) < 4.78 is 5.12. The predicted octanol–water partition coefficient (Wildman–Crippen LogP) is 3.08. The zero-order valence-electron chi connectivity index (χ0n) is 12.8. The van der Waals surface area contributed by atoms with Crippen LogP contribution in [0.15, 0.2) is 41.8 Å². The third-order valence-electron chi connectivity index (χ3n) is 3.38. The molecule has 6 heteroatoms. The highest BCUT2D eigenvalue weighted by Gasteiger charge is 2.31. The Labute approximate surface area is 138 Å². The molecule has 5 nitrogen and oxygen atoms in total. The van der Waals surface area contributed by atoms with Crippen molar-refractivity contribution in [2.24, 2.45) is 0 Å². The number of hydrogen-bond acceptors (Lipinski definition) is 5. The van der Waals surface area contributed by atoms with Gasteiger partial charge in [-0.2, -0.15) is 5.26 Å². The summed E-state index contributed by atoms with van der Waals surface area (Å²) in [6, 6.07) is 12.8. The van der Waals surface area contributed by atoms with Crippen molar-refractivity contribution in [3.8, 4) is 6.07 Å². The van der Waals surface area contributed by atoms with Crippen LogP contribution in [-0.4, -0.2) is 18.5 Å². The number of thiophene rings is 1. The van der Waals surface area contributed by atoms with Crippen molar-refractivity contribution in [3.63, 3.8) is 0 Å². The lowest BCUT2D eigenvalue weighted by Gasteiger charge is -2.22. The number of hydrogen-bond donors (Lipinski definition) is 1. The van der Waals surface area contributed by atoms with Crippen LogP contribution in [0.3, 0.4) is 0 Å². The van der Waals surface area contributed by atoms with Gasteiger partial charge in [0.1, 0.15) is 11.1 Å². The quantitative estimate of drug-likeness (QED) is 0.856. The largest absolute Gasteiger partial charge is 0.455 e. The molecule has 0 atom stereocenters.